The minimum Gasteiger partial charge on any atom is -0.423 e. The third-order valence-corrected chi connectivity index (χ3v) is 5.33. The fourth-order valence-electron chi connectivity index (χ4n) is 3.58. The zero-order valence-electron chi connectivity index (χ0n) is 16.4. The summed E-state index contributed by atoms with van der Waals surface area (Å²) < 4.78 is 5.83. The van der Waals surface area contributed by atoms with Crippen LogP contribution < -0.4 is 15.5 Å². The summed E-state index contributed by atoms with van der Waals surface area (Å²) in [6.07, 6.45) is 1.53. The number of anilines is 1. The quantitative estimate of drug-likeness (QED) is 0.697. The van der Waals surface area contributed by atoms with E-state index in [1.807, 2.05) is 36.4 Å². The molecule has 0 aliphatic carbocycles. The molecular weight excluding hydrogens is 368 g/mol. The monoisotopic (exact) mass is 392 g/mol. The van der Waals surface area contributed by atoms with E-state index in [9.17, 15) is 9.59 Å². The van der Waals surface area contributed by atoms with E-state index < -0.39 is 0 Å². The predicted octanol–water partition coefficient (Wildman–Crippen LogP) is 2.72. The second-order valence-corrected chi connectivity index (χ2v) is 7.22. The number of hydrogen-bond acceptors (Lipinski definition) is 5. The second kappa shape index (κ2) is 8.34. The van der Waals surface area contributed by atoms with Gasteiger partial charge in [0.25, 0.3) is 11.9 Å². The van der Waals surface area contributed by atoms with E-state index in [1.165, 1.54) is 0 Å². The summed E-state index contributed by atoms with van der Waals surface area (Å²) >= 11 is 0. The molecular formula is C22H24N4O3. The van der Waals surface area contributed by atoms with E-state index in [2.05, 4.69) is 20.5 Å². The Labute approximate surface area is 169 Å². The molecule has 4 rings (SSSR count). The third kappa shape index (κ3) is 4.23. The summed E-state index contributed by atoms with van der Waals surface area (Å²) in [5, 5.41) is 5.60. The molecule has 2 amide bonds. The molecule has 0 radical (unpaired) electrons. The Morgan fingerprint density at radius 3 is 2.52 bits per heavy atom. The second-order valence-electron chi connectivity index (χ2n) is 7.22. The number of fused-ring (bicyclic) bond motifs is 1. The molecule has 29 heavy (non-hydrogen) atoms. The number of carbonyl (C=O) groups is 2. The SMILES string of the molecule is CNC(=O)c1ccc(CNC(=O)C2CCN(c3nc4ccccc4o3)CC2)cc1. The number of nitrogens with zero attached hydrogens (tertiary/aromatic N) is 2. The lowest BCUT2D eigenvalue weighted by Crippen LogP contribution is -2.40. The van der Waals surface area contributed by atoms with E-state index in [4.69, 9.17) is 4.42 Å². The summed E-state index contributed by atoms with van der Waals surface area (Å²) in [5.74, 6) is -0.0651. The van der Waals surface area contributed by atoms with Crippen molar-refractivity contribution in [2.75, 3.05) is 25.0 Å². The minimum atomic E-state index is -0.119. The van der Waals surface area contributed by atoms with Crippen molar-refractivity contribution in [3.8, 4) is 0 Å². The van der Waals surface area contributed by atoms with Crippen molar-refractivity contribution >= 4 is 28.9 Å². The molecule has 0 bridgehead atoms. The molecule has 0 saturated carbocycles. The summed E-state index contributed by atoms with van der Waals surface area (Å²) in [6, 6.07) is 15.6. The molecule has 150 valence electrons. The maximum Gasteiger partial charge on any atom is 0.298 e. The molecule has 2 heterocycles. The van der Waals surface area contributed by atoms with E-state index in [0.29, 0.717) is 18.1 Å². The number of benzene rings is 2. The molecule has 7 nitrogen and oxygen atoms in total. The van der Waals surface area contributed by atoms with Crippen LogP contribution in [0.2, 0.25) is 0 Å². The van der Waals surface area contributed by atoms with E-state index in [0.717, 1.165) is 42.6 Å². The van der Waals surface area contributed by atoms with Gasteiger partial charge in [-0.1, -0.05) is 24.3 Å². The van der Waals surface area contributed by atoms with Gasteiger partial charge in [0.05, 0.1) is 0 Å². The first-order valence-corrected chi connectivity index (χ1v) is 9.83. The molecule has 1 saturated heterocycles. The van der Waals surface area contributed by atoms with Crippen LogP contribution in [0.4, 0.5) is 6.01 Å². The number of amides is 2. The maximum atomic E-state index is 12.5. The van der Waals surface area contributed by atoms with E-state index in [1.54, 1.807) is 19.2 Å². The molecule has 0 spiro atoms. The first-order valence-electron chi connectivity index (χ1n) is 9.83. The van der Waals surface area contributed by atoms with Crippen molar-refractivity contribution in [2.24, 2.45) is 5.92 Å². The van der Waals surface area contributed by atoms with Crippen molar-refractivity contribution in [1.29, 1.82) is 0 Å². The normalized spacial score (nSPS) is 14.7. The number of hydrogen-bond donors (Lipinski definition) is 2. The van der Waals surface area contributed by atoms with Gasteiger partial charge in [0, 0.05) is 38.2 Å². The van der Waals surface area contributed by atoms with Crippen molar-refractivity contribution in [3.63, 3.8) is 0 Å². The van der Waals surface area contributed by atoms with Gasteiger partial charge in [0.1, 0.15) is 5.52 Å². The fraction of sp³-hybridized carbons (Fsp3) is 0.318. The van der Waals surface area contributed by atoms with Gasteiger partial charge in [-0.3, -0.25) is 9.59 Å². The van der Waals surface area contributed by atoms with Gasteiger partial charge >= 0.3 is 0 Å². The highest BCUT2D eigenvalue weighted by atomic mass is 16.4. The van der Waals surface area contributed by atoms with Crippen LogP contribution in [-0.4, -0.2) is 36.9 Å². The number of carbonyl (C=O) groups excluding carboxylic acids is 2. The lowest BCUT2D eigenvalue weighted by Gasteiger charge is -2.30. The largest absolute Gasteiger partial charge is 0.423 e. The predicted molar refractivity (Wildman–Crippen MR) is 111 cm³/mol. The van der Waals surface area contributed by atoms with Crippen LogP contribution in [0.3, 0.4) is 0 Å². The van der Waals surface area contributed by atoms with Crippen LogP contribution in [0, 0.1) is 5.92 Å². The highest BCUT2D eigenvalue weighted by Crippen LogP contribution is 2.26. The summed E-state index contributed by atoms with van der Waals surface area (Å²) in [6.45, 7) is 1.94. The molecule has 3 aromatic rings. The Morgan fingerprint density at radius 1 is 1.10 bits per heavy atom. The molecule has 0 unspecified atom stereocenters. The number of piperidine rings is 1. The van der Waals surface area contributed by atoms with Crippen LogP contribution >= 0.6 is 0 Å². The fourth-order valence-corrected chi connectivity index (χ4v) is 3.58. The van der Waals surface area contributed by atoms with Crippen LogP contribution in [0.15, 0.2) is 52.9 Å². The van der Waals surface area contributed by atoms with Crippen molar-refractivity contribution < 1.29 is 14.0 Å². The van der Waals surface area contributed by atoms with Crippen LogP contribution in [0.1, 0.15) is 28.8 Å². The van der Waals surface area contributed by atoms with Gasteiger partial charge in [-0.25, -0.2) is 0 Å². The zero-order chi connectivity index (χ0) is 20.2. The van der Waals surface area contributed by atoms with Crippen molar-refractivity contribution in [1.82, 2.24) is 15.6 Å². The Kier molecular flexibility index (Phi) is 5.46. The van der Waals surface area contributed by atoms with Crippen molar-refractivity contribution in [3.05, 3.63) is 59.7 Å². The highest BCUT2D eigenvalue weighted by Gasteiger charge is 2.27. The first kappa shape index (κ1) is 19.0. The average Bonchev–Trinajstić information content (AvgIpc) is 3.22. The summed E-state index contributed by atoms with van der Waals surface area (Å²) in [5.41, 5.74) is 3.21. The maximum absolute atomic E-state index is 12.5. The van der Waals surface area contributed by atoms with E-state index in [-0.39, 0.29) is 17.7 Å². The van der Waals surface area contributed by atoms with Crippen LogP contribution in [0.25, 0.3) is 11.1 Å². The Bertz CT molecular complexity index is 971. The van der Waals surface area contributed by atoms with Crippen LogP contribution in [-0.2, 0) is 11.3 Å². The molecule has 1 aromatic heterocycles. The van der Waals surface area contributed by atoms with Crippen LogP contribution in [0.5, 0.6) is 0 Å². The molecule has 1 fully saturated rings. The summed E-state index contributed by atoms with van der Waals surface area (Å²) in [7, 11) is 1.60. The molecule has 1 aliphatic rings. The Hall–Kier alpha value is -3.35. The van der Waals surface area contributed by atoms with Gasteiger partial charge < -0.3 is 20.0 Å². The Balaban J connectivity index is 1.28. The van der Waals surface area contributed by atoms with Gasteiger partial charge in [-0.2, -0.15) is 4.98 Å². The molecule has 0 atom stereocenters. The number of nitrogens with one attached hydrogen (secondary N) is 2. The summed E-state index contributed by atoms with van der Waals surface area (Å²) in [4.78, 5) is 30.8. The average molecular weight is 392 g/mol. The third-order valence-electron chi connectivity index (χ3n) is 5.33. The van der Waals surface area contributed by atoms with Gasteiger partial charge in [-0.05, 0) is 42.7 Å². The van der Waals surface area contributed by atoms with Crippen molar-refractivity contribution in [2.45, 2.75) is 19.4 Å². The number of oxazole rings is 1. The molecule has 2 aromatic carbocycles. The highest BCUT2D eigenvalue weighted by molar-refractivity contribution is 5.93. The van der Waals surface area contributed by atoms with Gasteiger partial charge in [-0.15, -0.1) is 0 Å². The van der Waals surface area contributed by atoms with Gasteiger partial charge in [0.2, 0.25) is 5.91 Å². The number of rotatable bonds is 5. The first-order chi connectivity index (χ1) is 14.1. The topological polar surface area (TPSA) is 87.5 Å². The number of para-hydroxylation sites is 2. The lowest BCUT2D eigenvalue weighted by molar-refractivity contribution is -0.125. The Morgan fingerprint density at radius 2 is 1.83 bits per heavy atom. The molecule has 1 aliphatic heterocycles. The number of aromatic nitrogens is 1. The van der Waals surface area contributed by atoms with Gasteiger partial charge in [0.15, 0.2) is 5.58 Å². The molecule has 7 heteroatoms. The standard InChI is InChI=1S/C22H24N4O3/c1-23-20(27)16-8-6-15(7-9-16)14-24-21(28)17-10-12-26(13-11-17)22-25-18-4-2-3-5-19(18)29-22/h2-9,17H,10-14H2,1H3,(H,23,27)(H,24,28). The zero-order valence-corrected chi connectivity index (χ0v) is 16.4. The molecule has 2 N–H and O–H groups in total. The minimum absolute atomic E-state index is 0.0132. The smallest absolute Gasteiger partial charge is 0.298 e. The van der Waals surface area contributed by atoms with E-state index >= 15 is 0 Å². The lowest BCUT2D eigenvalue weighted by atomic mass is 9.96.